The van der Waals surface area contributed by atoms with Gasteiger partial charge in [0.05, 0.1) is 5.69 Å². The minimum atomic E-state index is -0.531. The summed E-state index contributed by atoms with van der Waals surface area (Å²) in [7, 11) is 0. The Labute approximate surface area is 130 Å². The van der Waals surface area contributed by atoms with Gasteiger partial charge in [-0.3, -0.25) is 0 Å². The molecule has 1 fully saturated rings. The number of fused-ring (bicyclic) bond motifs is 1. The molecule has 1 aliphatic heterocycles. The summed E-state index contributed by atoms with van der Waals surface area (Å²) in [5.41, 5.74) is 3.01. The van der Waals surface area contributed by atoms with Crippen LogP contribution in [0.25, 0.3) is 11.0 Å². The molecule has 0 N–H and O–H groups in total. The molecule has 1 aliphatic rings. The molecule has 0 aliphatic carbocycles. The van der Waals surface area contributed by atoms with Gasteiger partial charge in [-0.2, -0.15) is 5.26 Å². The molecule has 2 heterocycles. The fourth-order valence-corrected chi connectivity index (χ4v) is 3.30. The molecule has 4 heteroatoms. The number of anilines is 1. The Morgan fingerprint density at radius 3 is 2.82 bits per heavy atom. The Morgan fingerprint density at radius 1 is 1.36 bits per heavy atom. The van der Waals surface area contributed by atoms with E-state index < -0.39 is 5.63 Å². The second-order valence-electron chi connectivity index (χ2n) is 6.30. The van der Waals surface area contributed by atoms with Crippen molar-refractivity contribution in [2.24, 2.45) is 5.92 Å². The van der Waals surface area contributed by atoms with E-state index in [2.05, 4.69) is 17.9 Å². The molecule has 0 saturated carbocycles. The maximum atomic E-state index is 12.3. The number of hydrogen-bond donors (Lipinski definition) is 0. The summed E-state index contributed by atoms with van der Waals surface area (Å²) < 4.78 is 5.45. The van der Waals surface area contributed by atoms with Gasteiger partial charge in [-0.15, -0.1) is 0 Å². The maximum absolute atomic E-state index is 12.3. The van der Waals surface area contributed by atoms with Gasteiger partial charge in [-0.1, -0.05) is 13.0 Å². The van der Waals surface area contributed by atoms with Crippen molar-refractivity contribution in [3.63, 3.8) is 0 Å². The van der Waals surface area contributed by atoms with Crippen molar-refractivity contribution < 1.29 is 4.42 Å². The first-order valence-electron chi connectivity index (χ1n) is 7.75. The second kappa shape index (κ2) is 5.49. The molecule has 114 valence electrons. The topological polar surface area (TPSA) is 57.2 Å². The molecule has 2 aromatic rings. The largest absolute Gasteiger partial charge is 0.421 e. The molecule has 1 atom stereocenters. The summed E-state index contributed by atoms with van der Waals surface area (Å²) in [6.07, 6.45) is 2.27. The van der Waals surface area contributed by atoms with E-state index in [1.165, 1.54) is 6.42 Å². The highest BCUT2D eigenvalue weighted by atomic mass is 16.4. The fourth-order valence-electron chi connectivity index (χ4n) is 3.30. The van der Waals surface area contributed by atoms with Crippen molar-refractivity contribution in [1.29, 1.82) is 5.26 Å². The van der Waals surface area contributed by atoms with Crippen molar-refractivity contribution >= 4 is 16.7 Å². The van der Waals surface area contributed by atoms with E-state index in [0.29, 0.717) is 11.5 Å². The fraction of sp³-hybridized carbons (Fsp3) is 0.444. The minimum absolute atomic E-state index is 0.129. The molecule has 0 bridgehead atoms. The van der Waals surface area contributed by atoms with Gasteiger partial charge in [-0.05, 0) is 49.8 Å². The third kappa shape index (κ3) is 2.27. The number of nitrogens with zero attached hydrogens (tertiary/aromatic N) is 2. The van der Waals surface area contributed by atoms with E-state index in [1.807, 2.05) is 26.0 Å². The van der Waals surface area contributed by atoms with Gasteiger partial charge in [-0.25, -0.2) is 4.79 Å². The van der Waals surface area contributed by atoms with Crippen LogP contribution in [0.3, 0.4) is 0 Å². The van der Waals surface area contributed by atoms with Crippen molar-refractivity contribution in [1.82, 2.24) is 0 Å². The molecule has 3 rings (SSSR count). The van der Waals surface area contributed by atoms with Crippen molar-refractivity contribution in [3.8, 4) is 6.07 Å². The third-order valence-corrected chi connectivity index (χ3v) is 4.65. The summed E-state index contributed by atoms with van der Waals surface area (Å²) >= 11 is 0. The number of benzene rings is 1. The minimum Gasteiger partial charge on any atom is -0.421 e. The smallest absolute Gasteiger partial charge is 0.356 e. The van der Waals surface area contributed by atoms with Crippen LogP contribution in [-0.2, 0) is 0 Å². The van der Waals surface area contributed by atoms with Crippen LogP contribution in [0.4, 0.5) is 5.69 Å². The van der Waals surface area contributed by atoms with Gasteiger partial charge < -0.3 is 9.32 Å². The lowest BCUT2D eigenvalue weighted by Crippen LogP contribution is -2.35. The van der Waals surface area contributed by atoms with Crippen molar-refractivity contribution in [3.05, 3.63) is 39.2 Å². The zero-order chi connectivity index (χ0) is 15.9. The van der Waals surface area contributed by atoms with E-state index in [9.17, 15) is 10.1 Å². The molecule has 1 aromatic heterocycles. The Balaban J connectivity index is 2.33. The summed E-state index contributed by atoms with van der Waals surface area (Å²) in [5.74, 6) is 0.564. The molecule has 0 radical (unpaired) electrons. The van der Waals surface area contributed by atoms with E-state index in [1.54, 1.807) is 0 Å². The normalized spacial score (nSPS) is 18.5. The average molecular weight is 296 g/mol. The van der Waals surface area contributed by atoms with Gasteiger partial charge >= 0.3 is 5.63 Å². The molecule has 1 saturated heterocycles. The lowest BCUT2D eigenvalue weighted by atomic mass is 9.97. The molecule has 4 nitrogen and oxygen atoms in total. The highest BCUT2D eigenvalue weighted by Gasteiger charge is 2.24. The van der Waals surface area contributed by atoms with Crippen LogP contribution in [-0.4, -0.2) is 13.1 Å². The molecular weight excluding hydrogens is 276 g/mol. The summed E-state index contributed by atoms with van der Waals surface area (Å²) in [6.45, 7) is 7.91. The van der Waals surface area contributed by atoms with E-state index in [0.717, 1.165) is 41.7 Å². The van der Waals surface area contributed by atoms with Gasteiger partial charge in [0.2, 0.25) is 0 Å². The van der Waals surface area contributed by atoms with Crippen molar-refractivity contribution in [2.45, 2.75) is 33.6 Å². The Bertz CT molecular complexity index is 830. The Kier molecular flexibility index (Phi) is 3.66. The second-order valence-corrected chi connectivity index (χ2v) is 6.30. The lowest BCUT2D eigenvalue weighted by Gasteiger charge is -2.33. The van der Waals surface area contributed by atoms with Crippen LogP contribution in [0.5, 0.6) is 0 Å². The monoisotopic (exact) mass is 296 g/mol. The zero-order valence-corrected chi connectivity index (χ0v) is 13.3. The predicted octanol–water partition coefficient (Wildman–Crippen LogP) is 3.52. The Morgan fingerprint density at radius 2 is 2.14 bits per heavy atom. The molecule has 0 spiro atoms. The quantitative estimate of drug-likeness (QED) is 0.756. The summed E-state index contributed by atoms with van der Waals surface area (Å²) in [4.78, 5) is 14.4. The number of rotatable bonds is 1. The third-order valence-electron chi connectivity index (χ3n) is 4.65. The van der Waals surface area contributed by atoms with Crippen LogP contribution in [0.1, 0.15) is 36.5 Å². The number of piperidine rings is 1. The van der Waals surface area contributed by atoms with Gasteiger partial charge in [0, 0.05) is 18.5 Å². The molecule has 1 unspecified atom stereocenters. The summed E-state index contributed by atoms with van der Waals surface area (Å²) in [5, 5.41) is 10.3. The highest BCUT2D eigenvalue weighted by Crippen LogP contribution is 2.33. The molecule has 0 amide bonds. The highest BCUT2D eigenvalue weighted by molar-refractivity contribution is 5.95. The van der Waals surface area contributed by atoms with E-state index in [4.69, 9.17) is 4.42 Å². The Hall–Kier alpha value is -2.28. The van der Waals surface area contributed by atoms with Crippen LogP contribution < -0.4 is 10.5 Å². The number of hydrogen-bond acceptors (Lipinski definition) is 4. The van der Waals surface area contributed by atoms with Crippen LogP contribution in [0.2, 0.25) is 0 Å². The number of aryl methyl sites for hydroxylation is 2. The van der Waals surface area contributed by atoms with Crippen molar-refractivity contribution in [2.75, 3.05) is 18.0 Å². The van der Waals surface area contributed by atoms with Gasteiger partial charge in [0.15, 0.2) is 5.56 Å². The van der Waals surface area contributed by atoms with Crippen LogP contribution >= 0.6 is 0 Å². The molecule has 1 aromatic carbocycles. The maximum Gasteiger partial charge on any atom is 0.356 e. The van der Waals surface area contributed by atoms with Crippen LogP contribution in [0, 0.1) is 31.1 Å². The number of nitriles is 1. The molecule has 22 heavy (non-hydrogen) atoms. The van der Waals surface area contributed by atoms with Crippen LogP contribution in [0.15, 0.2) is 21.3 Å². The van der Waals surface area contributed by atoms with Gasteiger partial charge in [0.1, 0.15) is 11.7 Å². The predicted molar refractivity (Wildman–Crippen MR) is 87.3 cm³/mol. The standard InChI is InChI=1S/C18H20N2O2/c1-11-5-4-8-20(10-11)16-14-7-6-12(2)13(3)17(14)22-18(21)15(16)9-19/h6-7,11H,4-5,8,10H2,1-3H3. The first kappa shape index (κ1) is 14.6. The SMILES string of the molecule is Cc1ccc2c(N3CCCC(C)C3)c(C#N)c(=O)oc2c1C. The average Bonchev–Trinajstić information content (AvgIpc) is 2.50. The molecular formula is C18H20N2O2. The zero-order valence-electron chi connectivity index (χ0n) is 13.3. The van der Waals surface area contributed by atoms with E-state index >= 15 is 0 Å². The summed E-state index contributed by atoms with van der Waals surface area (Å²) in [6, 6.07) is 6.05. The first-order valence-corrected chi connectivity index (χ1v) is 7.75. The van der Waals surface area contributed by atoms with E-state index in [-0.39, 0.29) is 5.56 Å². The lowest BCUT2D eigenvalue weighted by molar-refractivity contribution is 0.446. The first-order chi connectivity index (χ1) is 10.5. The van der Waals surface area contributed by atoms with Gasteiger partial charge in [0.25, 0.3) is 0 Å².